The summed E-state index contributed by atoms with van der Waals surface area (Å²) in [5, 5.41) is 8.42. The predicted molar refractivity (Wildman–Crippen MR) is 150 cm³/mol. The second kappa shape index (κ2) is 11.8. The first-order valence-corrected chi connectivity index (χ1v) is 13.9. The molecule has 1 atom stereocenters. The van der Waals surface area contributed by atoms with Gasteiger partial charge in [-0.1, -0.05) is 12.1 Å². The van der Waals surface area contributed by atoms with Crippen LogP contribution >= 0.6 is 24.0 Å². The fraction of sp³-hybridized carbons (Fsp3) is 0.423. The minimum absolute atomic E-state index is 0.431. The summed E-state index contributed by atoms with van der Waals surface area (Å²) in [6, 6.07) is 13.0. The van der Waals surface area contributed by atoms with Gasteiger partial charge in [-0.25, -0.2) is 15.0 Å². The molecule has 2 N–H and O–H groups in total. The van der Waals surface area contributed by atoms with Crippen LogP contribution in [0.2, 0.25) is 0 Å². The van der Waals surface area contributed by atoms with Gasteiger partial charge in [0, 0.05) is 56.4 Å². The van der Waals surface area contributed by atoms with Crippen LogP contribution in [-0.4, -0.2) is 50.7 Å². The summed E-state index contributed by atoms with van der Waals surface area (Å²) in [5.41, 5.74) is 2.47. The molecule has 2 aromatic heterocycles. The molecule has 36 heavy (non-hydrogen) atoms. The van der Waals surface area contributed by atoms with E-state index in [1.165, 1.54) is 42.3 Å². The first-order chi connectivity index (χ1) is 17.6. The van der Waals surface area contributed by atoms with Gasteiger partial charge in [0.05, 0.1) is 0 Å². The van der Waals surface area contributed by atoms with Crippen LogP contribution in [0.3, 0.4) is 0 Å². The molecule has 2 saturated heterocycles. The fourth-order valence-corrected chi connectivity index (χ4v) is 5.54. The van der Waals surface area contributed by atoms with Crippen molar-refractivity contribution in [2.24, 2.45) is 0 Å². The fourth-order valence-electron chi connectivity index (χ4n) is 4.67. The highest BCUT2D eigenvalue weighted by molar-refractivity contribution is 7.99. The third-order valence-electron chi connectivity index (χ3n) is 6.61. The van der Waals surface area contributed by atoms with E-state index in [1.54, 1.807) is 12.4 Å². The highest BCUT2D eigenvalue weighted by Crippen LogP contribution is 2.30. The summed E-state index contributed by atoms with van der Waals surface area (Å²) in [4.78, 5) is 23.0. The number of nitrogens with zero attached hydrogens (tertiary/aromatic N) is 6. The molecule has 0 amide bonds. The van der Waals surface area contributed by atoms with Crippen LogP contribution in [0, 0.1) is 0 Å². The predicted octanol–water partition coefficient (Wildman–Crippen LogP) is 4.88. The molecule has 10 heteroatoms. The van der Waals surface area contributed by atoms with Gasteiger partial charge < -0.3 is 20.4 Å². The maximum atomic E-state index is 5.59. The molecule has 0 aliphatic carbocycles. The third kappa shape index (κ3) is 6.41. The average Bonchev–Trinajstić information content (AvgIpc) is 3.44. The number of piperidine rings is 1. The van der Waals surface area contributed by atoms with Gasteiger partial charge in [0.1, 0.15) is 10.8 Å². The van der Waals surface area contributed by atoms with E-state index in [2.05, 4.69) is 61.6 Å². The van der Waals surface area contributed by atoms with E-state index in [0.29, 0.717) is 28.8 Å². The Balaban J connectivity index is 1.26. The lowest BCUT2D eigenvalue weighted by atomic mass is 10.0. The highest BCUT2D eigenvalue weighted by atomic mass is 32.2. The van der Waals surface area contributed by atoms with Gasteiger partial charge in [-0.15, -0.1) is 0 Å². The molecule has 1 aromatic carbocycles. The number of rotatable bonds is 7. The molecule has 0 spiro atoms. The average molecular weight is 521 g/mol. The summed E-state index contributed by atoms with van der Waals surface area (Å²) < 4.78 is 0. The Bertz CT molecular complexity index is 1150. The maximum absolute atomic E-state index is 5.59. The Labute approximate surface area is 222 Å². The van der Waals surface area contributed by atoms with Crippen LogP contribution in [-0.2, 0) is 6.54 Å². The molecule has 0 saturated carbocycles. The zero-order valence-electron chi connectivity index (χ0n) is 20.6. The SMILES string of the molecule is C[C@H]1CCCCN1c1cc(Sc2ncccn2)nc(NC(=S)NCc2ccc(N3CCCC3)cc2)n1. The number of benzene rings is 1. The minimum atomic E-state index is 0.431. The molecule has 2 fully saturated rings. The lowest BCUT2D eigenvalue weighted by Crippen LogP contribution is -2.38. The van der Waals surface area contributed by atoms with Crippen molar-refractivity contribution in [3.8, 4) is 0 Å². The second-order valence-electron chi connectivity index (χ2n) is 9.23. The molecule has 2 aliphatic rings. The van der Waals surface area contributed by atoms with Gasteiger partial charge in [0.25, 0.3) is 0 Å². The molecule has 0 bridgehead atoms. The van der Waals surface area contributed by atoms with E-state index in [1.807, 2.05) is 12.1 Å². The minimum Gasteiger partial charge on any atom is -0.372 e. The summed E-state index contributed by atoms with van der Waals surface area (Å²) in [6.07, 6.45) is 9.61. The Hall–Kier alpha value is -2.98. The van der Waals surface area contributed by atoms with Gasteiger partial charge in [-0.2, -0.15) is 4.98 Å². The van der Waals surface area contributed by atoms with Crippen molar-refractivity contribution in [2.45, 2.75) is 61.8 Å². The number of thiocarbonyl (C=S) groups is 1. The van der Waals surface area contributed by atoms with Crippen LogP contribution in [0.4, 0.5) is 17.5 Å². The van der Waals surface area contributed by atoms with Gasteiger partial charge >= 0.3 is 0 Å². The van der Waals surface area contributed by atoms with Crippen molar-refractivity contribution in [2.75, 3.05) is 34.8 Å². The van der Waals surface area contributed by atoms with Crippen molar-refractivity contribution >= 4 is 46.5 Å². The Morgan fingerprint density at radius 3 is 2.53 bits per heavy atom. The number of anilines is 3. The summed E-state index contributed by atoms with van der Waals surface area (Å²) >= 11 is 7.01. The zero-order valence-corrected chi connectivity index (χ0v) is 22.2. The normalized spacial score (nSPS) is 17.8. The van der Waals surface area contributed by atoms with Gasteiger partial charge in [0.2, 0.25) is 5.95 Å². The Morgan fingerprint density at radius 1 is 1.03 bits per heavy atom. The maximum Gasteiger partial charge on any atom is 0.232 e. The second-order valence-corrected chi connectivity index (χ2v) is 10.6. The Kier molecular flexibility index (Phi) is 8.12. The number of nitrogens with one attached hydrogen (secondary N) is 2. The van der Waals surface area contributed by atoms with Crippen molar-refractivity contribution in [1.29, 1.82) is 0 Å². The van der Waals surface area contributed by atoms with E-state index < -0.39 is 0 Å². The topological polar surface area (TPSA) is 82.1 Å². The van der Waals surface area contributed by atoms with Crippen molar-refractivity contribution in [3.63, 3.8) is 0 Å². The smallest absolute Gasteiger partial charge is 0.232 e. The van der Waals surface area contributed by atoms with Crippen molar-refractivity contribution in [1.82, 2.24) is 25.3 Å². The first kappa shape index (κ1) is 24.7. The lowest BCUT2D eigenvalue weighted by Gasteiger charge is -2.34. The first-order valence-electron chi connectivity index (χ1n) is 12.6. The molecule has 8 nitrogen and oxygen atoms in total. The molecule has 0 radical (unpaired) electrons. The molecule has 4 heterocycles. The van der Waals surface area contributed by atoms with Gasteiger partial charge in [-0.3, -0.25) is 0 Å². The summed E-state index contributed by atoms with van der Waals surface area (Å²) in [6.45, 7) is 6.17. The van der Waals surface area contributed by atoms with E-state index in [0.717, 1.165) is 43.3 Å². The summed E-state index contributed by atoms with van der Waals surface area (Å²) in [7, 11) is 0. The number of hydrogen-bond acceptors (Lipinski definition) is 8. The van der Waals surface area contributed by atoms with Crippen molar-refractivity contribution in [3.05, 3.63) is 54.4 Å². The van der Waals surface area contributed by atoms with E-state index in [9.17, 15) is 0 Å². The molecule has 5 rings (SSSR count). The van der Waals surface area contributed by atoms with Crippen LogP contribution in [0.15, 0.2) is 59.0 Å². The number of aromatic nitrogens is 4. The van der Waals surface area contributed by atoms with Crippen LogP contribution < -0.4 is 20.4 Å². The van der Waals surface area contributed by atoms with Crippen molar-refractivity contribution < 1.29 is 0 Å². The van der Waals surface area contributed by atoms with Crippen LogP contribution in [0.25, 0.3) is 0 Å². The number of hydrogen-bond donors (Lipinski definition) is 2. The van der Waals surface area contributed by atoms with Crippen LogP contribution in [0.1, 0.15) is 44.6 Å². The largest absolute Gasteiger partial charge is 0.372 e. The highest BCUT2D eigenvalue weighted by Gasteiger charge is 2.21. The summed E-state index contributed by atoms with van der Waals surface area (Å²) in [5.74, 6) is 1.38. The monoisotopic (exact) mass is 520 g/mol. The molecular formula is C26H32N8S2. The molecule has 188 valence electrons. The standard InChI is InChI=1S/C26H32N8S2/c1-19-7-2-3-16-34(19)22-17-23(36-26-27-12-6-13-28-26)31-24(30-22)32-25(35)29-18-20-8-10-21(11-9-20)33-14-4-5-15-33/h6,8-13,17,19H,2-5,7,14-16,18H2,1H3,(H2,29,30,31,32,35)/t19-/m0/s1. The third-order valence-corrected chi connectivity index (χ3v) is 7.67. The van der Waals surface area contributed by atoms with E-state index in [-0.39, 0.29) is 0 Å². The molecule has 3 aromatic rings. The molecule has 2 aliphatic heterocycles. The zero-order chi connectivity index (χ0) is 24.7. The van der Waals surface area contributed by atoms with Crippen LogP contribution in [0.5, 0.6) is 0 Å². The van der Waals surface area contributed by atoms with Gasteiger partial charge in [-0.05, 0) is 86.8 Å². The van der Waals surface area contributed by atoms with Gasteiger partial charge in [0.15, 0.2) is 10.3 Å². The molecule has 0 unspecified atom stereocenters. The Morgan fingerprint density at radius 2 is 1.78 bits per heavy atom. The van der Waals surface area contributed by atoms with E-state index in [4.69, 9.17) is 22.2 Å². The quantitative estimate of drug-likeness (QED) is 0.255. The van der Waals surface area contributed by atoms with E-state index >= 15 is 0 Å². The molecular weight excluding hydrogens is 488 g/mol. The lowest BCUT2D eigenvalue weighted by molar-refractivity contribution is 0.480.